The molecule has 0 aromatic heterocycles. The molecule has 4 bridgehead atoms. The fourth-order valence-corrected chi connectivity index (χ4v) is 5.29. The van der Waals surface area contributed by atoms with Crippen molar-refractivity contribution in [3.05, 3.63) is 29.8 Å². The zero-order valence-electron chi connectivity index (χ0n) is 12.7. The van der Waals surface area contributed by atoms with Gasteiger partial charge in [0.05, 0.1) is 11.1 Å². The van der Waals surface area contributed by atoms with E-state index in [2.05, 4.69) is 29.9 Å². The highest BCUT2D eigenvalue weighted by Crippen LogP contribution is 2.60. The molecule has 1 aromatic carbocycles. The Kier molecular flexibility index (Phi) is 2.98. The van der Waals surface area contributed by atoms with Gasteiger partial charge in [0, 0.05) is 0 Å². The van der Waals surface area contributed by atoms with Crippen LogP contribution in [0.1, 0.15) is 44.1 Å². The number of rotatable bonds is 3. The molecule has 2 N–H and O–H groups in total. The number of hydrogen-bond donors (Lipinski definition) is 2. The summed E-state index contributed by atoms with van der Waals surface area (Å²) in [5.41, 5.74) is 8.19. The summed E-state index contributed by atoms with van der Waals surface area (Å²) in [5.74, 6) is 2.64. The van der Waals surface area contributed by atoms with Crippen LogP contribution < -0.4 is 10.9 Å². The SMILES string of the molecule is Cc1ccc(NNC(=O)C23CC4CC(CC(C4)C2)C3)cc1. The molecule has 0 heterocycles. The van der Waals surface area contributed by atoms with Gasteiger partial charge in [0.25, 0.3) is 0 Å². The van der Waals surface area contributed by atoms with E-state index in [0.717, 1.165) is 42.7 Å². The van der Waals surface area contributed by atoms with Gasteiger partial charge in [-0.15, -0.1) is 0 Å². The Balaban J connectivity index is 1.44. The third-order valence-electron chi connectivity index (χ3n) is 5.89. The molecule has 21 heavy (non-hydrogen) atoms. The molecule has 4 aliphatic rings. The minimum absolute atomic E-state index is 0.0769. The lowest BCUT2D eigenvalue weighted by Crippen LogP contribution is -2.54. The first-order chi connectivity index (χ1) is 10.1. The standard InChI is InChI=1S/C18H24N2O/c1-12-2-4-16(5-3-12)19-20-17(21)18-9-13-6-14(10-18)8-15(7-13)11-18/h2-5,13-15,19H,6-11H2,1H3,(H,20,21). The number of hydrazine groups is 1. The van der Waals surface area contributed by atoms with E-state index in [4.69, 9.17) is 0 Å². The summed E-state index contributed by atoms with van der Waals surface area (Å²) < 4.78 is 0. The quantitative estimate of drug-likeness (QED) is 0.832. The fourth-order valence-electron chi connectivity index (χ4n) is 5.29. The van der Waals surface area contributed by atoms with Crippen molar-refractivity contribution >= 4 is 11.6 Å². The summed E-state index contributed by atoms with van der Waals surface area (Å²) in [6, 6.07) is 8.13. The second kappa shape index (κ2) is 4.75. The van der Waals surface area contributed by atoms with E-state index < -0.39 is 0 Å². The summed E-state index contributed by atoms with van der Waals surface area (Å²) in [5, 5.41) is 0. The van der Waals surface area contributed by atoms with Crippen molar-refractivity contribution in [3.8, 4) is 0 Å². The Morgan fingerprint density at radius 1 is 1.00 bits per heavy atom. The highest BCUT2D eigenvalue weighted by atomic mass is 16.2. The first kappa shape index (κ1) is 13.2. The lowest BCUT2D eigenvalue weighted by Gasteiger charge is -2.55. The molecule has 0 saturated heterocycles. The molecule has 3 nitrogen and oxygen atoms in total. The van der Waals surface area contributed by atoms with Crippen molar-refractivity contribution in [1.82, 2.24) is 5.43 Å². The minimum atomic E-state index is -0.0769. The van der Waals surface area contributed by atoms with Crippen molar-refractivity contribution in [1.29, 1.82) is 0 Å². The molecule has 4 fully saturated rings. The topological polar surface area (TPSA) is 41.1 Å². The number of carbonyl (C=O) groups excluding carboxylic acids is 1. The fraction of sp³-hybridized carbons (Fsp3) is 0.611. The van der Waals surface area contributed by atoms with Crippen LogP contribution in [0.25, 0.3) is 0 Å². The van der Waals surface area contributed by atoms with E-state index in [1.54, 1.807) is 0 Å². The second-order valence-electron chi connectivity index (χ2n) is 7.64. The molecule has 4 saturated carbocycles. The van der Waals surface area contributed by atoms with Gasteiger partial charge >= 0.3 is 0 Å². The number of carbonyl (C=O) groups is 1. The van der Waals surface area contributed by atoms with Crippen LogP contribution in [0.15, 0.2) is 24.3 Å². The summed E-state index contributed by atoms with van der Waals surface area (Å²) in [6.07, 6.45) is 7.45. The largest absolute Gasteiger partial charge is 0.299 e. The van der Waals surface area contributed by atoms with Crippen LogP contribution in [0.2, 0.25) is 0 Å². The van der Waals surface area contributed by atoms with Crippen LogP contribution in [0.4, 0.5) is 5.69 Å². The lowest BCUT2D eigenvalue weighted by molar-refractivity contribution is -0.145. The molecular weight excluding hydrogens is 260 g/mol. The van der Waals surface area contributed by atoms with Crippen molar-refractivity contribution in [2.24, 2.45) is 23.2 Å². The second-order valence-corrected chi connectivity index (χ2v) is 7.64. The monoisotopic (exact) mass is 284 g/mol. The van der Waals surface area contributed by atoms with Gasteiger partial charge in [0.15, 0.2) is 0 Å². The Morgan fingerprint density at radius 3 is 2.05 bits per heavy atom. The smallest absolute Gasteiger partial charge is 0.244 e. The van der Waals surface area contributed by atoms with E-state index in [1.165, 1.54) is 24.8 Å². The highest BCUT2D eigenvalue weighted by Gasteiger charge is 2.54. The zero-order valence-corrected chi connectivity index (χ0v) is 12.7. The van der Waals surface area contributed by atoms with Gasteiger partial charge in [0.1, 0.15) is 0 Å². The van der Waals surface area contributed by atoms with Crippen LogP contribution in [-0.4, -0.2) is 5.91 Å². The number of nitrogens with one attached hydrogen (secondary N) is 2. The van der Waals surface area contributed by atoms with E-state index in [-0.39, 0.29) is 11.3 Å². The normalized spacial score (nSPS) is 36.5. The molecule has 0 spiro atoms. The van der Waals surface area contributed by atoms with Crippen LogP contribution >= 0.6 is 0 Å². The summed E-state index contributed by atoms with van der Waals surface area (Å²) >= 11 is 0. The molecule has 1 amide bonds. The maximum Gasteiger partial charge on any atom is 0.244 e. The predicted octanol–water partition coefficient (Wildman–Crippen LogP) is 3.65. The van der Waals surface area contributed by atoms with Gasteiger partial charge < -0.3 is 0 Å². The molecule has 4 aliphatic carbocycles. The lowest BCUT2D eigenvalue weighted by atomic mass is 9.49. The third-order valence-corrected chi connectivity index (χ3v) is 5.89. The molecule has 5 rings (SSSR count). The summed E-state index contributed by atoms with van der Waals surface area (Å²) in [4.78, 5) is 12.8. The number of benzene rings is 1. The van der Waals surface area contributed by atoms with Gasteiger partial charge in [-0.1, -0.05) is 17.7 Å². The van der Waals surface area contributed by atoms with E-state index in [9.17, 15) is 4.79 Å². The van der Waals surface area contributed by atoms with Gasteiger partial charge in [-0.25, -0.2) is 0 Å². The molecule has 112 valence electrons. The van der Waals surface area contributed by atoms with Gasteiger partial charge in [-0.05, 0) is 75.3 Å². The van der Waals surface area contributed by atoms with E-state index in [0.29, 0.717) is 0 Å². The maximum absolute atomic E-state index is 12.8. The van der Waals surface area contributed by atoms with Crippen molar-refractivity contribution < 1.29 is 4.79 Å². The summed E-state index contributed by atoms with van der Waals surface area (Å²) in [6.45, 7) is 2.07. The zero-order chi connectivity index (χ0) is 14.4. The molecule has 1 aromatic rings. The van der Waals surface area contributed by atoms with Crippen LogP contribution in [-0.2, 0) is 4.79 Å². The van der Waals surface area contributed by atoms with Gasteiger partial charge in [-0.3, -0.25) is 15.6 Å². The van der Waals surface area contributed by atoms with E-state index >= 15 is 0 Å². The predicted molar refractivity (Wildman–Crippen MR) is 83.5 cm³/mol. The Labute approximate surface area is 126 Å². The Bertz CT molecular complexity index is 514. The molecule has 0 unspecified atom stereocenters. The van der Waals surface area contributed by atoms with Crippen molar-refractivity contribution in [3.63, 3.8) is 0 Å². The number of aryl methyl sites for hydroxylation is 1. The van der Waals surface area contributed by atoms with Crippen LogP contribution in [0.3, 0.4) is 0 Å². The first-order valence-corrected chi connectivity index (χ1v) is 8.26. The highest BCUT2D eigenvalue weighted by molar-refractivity contribution is 5.84. The molecular formula is C18H24N2O. The third kappa shape index (κ3) is 2.33. The van der Waals surface area contributed by atoms with Gasteiger partial charge in [-0.2, -0.15) is 0 Å². The molecule has 0 radical (unpaired) electrons. The Hall–Kier alpha value is -1.51. The van der Waals surface area contributed by atoms with Crippen LogP contribution in [0, 0.1) is 30.1 Å². The first-order valence-electron chi connectivity index (χ1n) is 8.26. The Morgan fingerprint density at radius 2 is 1.52 bits per heavy atom. The molecule has 0 aliphatic heterocycles. The average molecular weight is 284 g/mol. The van der Waals surface area contributed by atoms with E-state index in [1.807, 2.05) is 12.1 Å². The maximum atomic E-state index is 12.8. The summed E-state index contributed by atoms with van der Waals surface area (Å²) in [7, 11) is 0. The van der Waals surface area contributed by atoms with Crippen molar-refractivity contribution in [2.75, 3.05) is 5.43 Å². The number of amides is 1. The average Bonchev–Trinajstić information content (AvgIpc) is 2.45. The van der Waals surface area contributed by atoms with Crippen molar-refractivity contribution in [2.45, 2.75) is 45.4 Å². The molecule has 0 atom stereocenters. The molecule has 3 heteroatoms. The van der Waals surface area contributed by atoms with Crippen LogP contribution in [0.5, 0.6) is 0 Å². The van der Waals surface area contributed by atoms with Gasteiger partial charge in [0.2, 0.25) is 5.91 Å². The number of anilines is 1. The minimum Gasteiger partial charge on any atom is -0.299 e. The number of hydrogen-bond acceptors (Lipinski definition) is 2.